The lowest BCUT2D eigenvalue weighted by Gasteiger charge is -2.08. The normalized spacial score (nSPS) is 10.7. The lowest BCUT2D eigenvalue weighted by Crippen LogP contribution is -2.14. The summed E-state index contributed by atoms with van der Waals surface area (Å²) in [4.78, 5) is 17.2. The first kappa shape index (κ1) is 19.0. The molecule has 0 radical (unpaired) electrons. The van der Waals surface area contributed by atoms with E-state index in [4.69, 9.17) is 4.98 Å². The highest BCUT2D eigenvalue weighted by molar-refractivity contribution is 7.99. The van der Waals surface area contributed by atoms with Gasteiger partial charge in [-0.25, -0.2) is 4.98 Å². The number of hydrogen-bond acceptors (Lipinski definition) is 3. The van der Waals surface area contributed by atoms with Crippen LogP contribution in [0.1, 0.15) is 5.56 Å². The van der Waals surface area contributed by atoms with Gasteiger partial charge in [-0.2, -0.15) is 0 Å². The number of nitrogens with zero attached hydrogens (tertiary/aromatic N) is 2. The van der Waals surface area contributed by atoms with Crippen LogP contribution in [0.15, 0.2) is 96.3 Å². The van der Waals surface area contributed by atoms with Gasteiger partial charge in [-0.15, -0.1) is 0 Å². The fourth-order valence-electron chi connectivity index (χ4n) is 2.95. The van der Waals surface area contributed by atoms with Crippen LogP contribution in [0.3, 0.4) is 0 Å². The Morgan fingerprint density at radius 3 is 2.28 bits per heavy atom. The number of benzene rings is 3. The van der Waals surface area contributed by atoms with E-state index < -0.39 is 0 Å². The van der Waals surface area contributed by atoms with Crippen molar-refractivity contribution in [3.05, 3.63) is 96.7 Å². The Morgan fingerprint density at radius 1 is 0.931 bits per heavy atom. The van der Waals surface area contributed by atoms with Crippen molar-refractivity contribution in [1.82, 2.24) is 9.55 Å². The Morgan fingerprint density at radius 2 is 1.59 bits per heavy atom. The van der Waals surface area contributed by atoms with Gasteiger partial charge in [-0.3, -0.25) is 9.36 Å². The molecule has 5 heteroatoms. The Bertz CT molecular complexity index is 1090. The topological polar surface area (TPSA) is 46.9 Å². The number of nitrogens with one attached hydrogen (secondary N) is 1. The fraction of sp³-hybridized carbons (Fsp3) is 0.0833. The van der Waals surface area contributed by atoms with Gasteiger partial charge in [0.1, 0.15) is 0 Å². The second-order valence-corrected chi connectivity index (χ2v) is 7.63. The van der Waals surface area contributed by atoms with Gasteiger partial charge >= 0.3 is 0 Å². The number of aromatic nitrogens is 2. The molecule has 0 bridgehead atoms. The summed E-state index contributed by atoms with van der Waals surface area (Å²) in [6.07, 6.45) is 2.02. The third-order valence-electron chi connectivity index (χ3n) is 4.45. The Hall–Kier alpha value is -3.31. The summed E-state index contributed by atoms with van der Waals surface area (Å²) < 4.78 is 2.03. The molecule has 0 saturated heterocycles. The first-order valence-electron chi connectivity index (χ1n) is 9.38. The molecular weight excluding hydrogens is 378 g/mol. The van der Waals surface area contributed by atoms with E-state index in [-0.39, 0.29) is 11.7 Å². The Labute approximate surface area is 174 Å². The summed E-state index contributed by atoms with van der Waals surface area (Å²) in [6, 6.07) is 27.9. The zero-order chi connectivity index (χ0) is 20.1. The molecule has 4 nitrogen and oxygen atoms in total. The third-order valence-corrected chi connectivity index (χ3v) is 5.40. The monoisotopic (exact) mass is 399 g/mol. The molecular formula is C24H21N3OS. The van der Waals surface area contributed by atoms with Crippen LogP contribution in [-0.2, 0) is 4.79 Å². The van der Waals surface area contributed by atoms with Crippen molar-refractivity contribution >= 4 is 23.4 Å². The van der Waals surface area contributed by atoms with Crippen molar-refractivity contribution < 1.29 is 4.79 Å². The highest BCUT2D eigenvalue weighted by Crippen LogP contribution is 2.27. The number of thioether (sulfide) groups is 1. The van der Waals surface area contributed by atoms with Crippen molar-refractivity contribution in [3.8, 4) is 16.9 Å². The molecule has 0 aliphatic carbocycles. The molecule has 1 N–H and O–H groups in total. The summed E-state index contributed by atoms with van der Waals surface area (Å²) >= 11 is 1.43. The van der Waals surface area contributed by atoms with Crippen LogP contribution in [0.5, 0.6) is 0 Å². The predicted molar refractivity (Wildman–Crippen MR) is 120 cm³/mol. The lowest BCUT2D eigenvalue weighted by atomic mass is 10.2. The van der Waals surface area contributed by atoms with Gasteiger partial charge in [-0.1, -0.05) is 78.0 Å². The molecule has 0 fully saturated rings. The van der Waals surface area contributed by atoms with Gasteiger partial charge in [0.2, 0.25) is 5.91 Å². The highest BCUT2D eigenvalue weighted by Gasteiger charge is 2.13. The van der Waals surface area contributed by atoms with Crippen molar-refractivity contribution in [1.29, 1.82) is 0 Å². The first-order valence-corrected chi connectivity index (χ1v) is 10.4. The van der Waals surface area contributed by atoms with Gasteiger partial charge < -0.3 is 5.32 Å². The largest absolute Gasteiger partial charge is 0.325 e. The molecule has 4 aromatic rings. The molecule has 3 aromatic carbocycles. The van der Waals surface area contributed by atoms with E-state index in [9.17, 15) is 4.79 Å². The van der Waals surface area contributed by atoms with E-state index in [2.05, 4.69) is 5.32 Å². The number of imidazole rings is 1. The summed E-state index contributed by atoms with van der Waals surface area (Å²) in [7, 11) is 0. The molecule has 0 spiro atoms. The molecule has 0 aliphatic heterocycles. The zero-order valence-electron chi connectivity index (χ0n) is 16.1. The second-order valence-electron chi connectivity index (χ2n) is 6.68. The van der Waals surface area contributed by atoms with Gasteiger partial charge in [0.05, 0.1) is 11.4 Å². The van der Waals surface area contributed by atoms with Gasteiger partial charge in [-0.05, 0) is 31.2 Å². The minimum atomic E-state index is -0.0530. The highest BCUT2D eigenvalue weighted by atomic mass is 32.2. The number of carbonyl (C=O) groups excluding carboxylic acids is 1. The van der Waals surface area contributed by atoms with E-state index in [1.54, 1.807) is 0 Å². The maximum Gasteiger partial charge on any atom is 0.234 e. The number of carbonyl (C=O) groups is 1. The second kappa shape index (κ2) is 8.80. The molecule has 1 aromatic heterocycles. The number of para-hydroxylation sites is 1. The summed E-state index contributed by atoms with van der Waals surface area (Å²) in [5, 5.41) is 3.73. The zero-order valence-corrected chi connectivity index (χ0v) is 16.9. The number of amides is 1. The standard InChI is InChI=1S/C24H21N3OS/c1-18-12-14-20(15-13-18)25-23(28)17-29-24-26-22(19-8-4-2-5-9-19)16-27(24)21-10-6-3-7-11-21/h2-16H,17H2,1H3,(H,25,28). The van der Waals surface area contributed by atoms with E-state index >= 15 is 0 Å². The number of hydrogen-bond donors (Lipinski definition) is 1. The maximum absolute atomic E-state index is 12.4. The van der Waals surface area contributed by atoms with Crippen LogP contribution in [0, 0.1) is 6.92 Å². The summed E-state index contributed by atoms with van der Waals surface area (Å²) in [6.45, 7) is 2.02. The molecule has 29 heavy (non-hydrogen) atoms. The van der Waals surface area contributed by atoms with Crippen LogP contribution in [-0.4, -0.2) is 21.2 Å². The van der Waals surface area contributed by atoms with Gasteiger partial charge in [0, 0.05) is 23.1 Å². The average molecular weight is 400 g/mol. The molecule has 0 unspecified atom stereocenters. The number of aryl methyl sites for hydroxylation is 1. The van der Waals surface area contributed by atoms with Crippen molar-refractivity contribution in [2.75, 3.05) is 11.1 Å². The fourth-order valence-corrected chi connectivity index (χ4v) is 3.74. The molecule has 4 rings (SSSR count). The molecule has 0 saturated carbocycles. The smallest absolute Gasteiger partial charge is 0.234 e. The van der Waals surface area contributed by atoms with Crippen LogP contribution >= 0.6 is 11.8 Å². The van der Waals surface area contributed by atoms with Crippen LogP contribution < -0.4 is 5.32 Å². The van der Waals surface area contributed by atoms with Crippen LogP contribution in [0.2, 0.25) is 0 Å². The molecule has 1 heterocycles. The van der Waals surface area contributed by atoms with Crippen molar-refractivity contribution in [2.24, 2.45) is 0 Å². The van der Waals surface area contributed by atoms with Crippen LogP contribution in [0.25, 0.3) is 16.9 Å². The van der Waals surface area contributed by atoms with Crippen molar-refractivity contribution in [2.45, 2.75) is 12.1 Å². The quantitative estimate of drug-likeness (QED) is 0.431. The summed E-state index contributed by atoms with van der Waals surface area (Å²) in [5.74, 6) is 0.231. The maximum atomic E-state index is 12.4. The Balaban J connectivity index is 1.54. The van der Waals surface area contributed by atoms with Gasteiger partial charge in [0.25, 0.3) is 0 Å². The van der Waals surface area contributed by atoms with E-state index in [0.717, 1.165) is 33.4 Å². The van der Waals surface area contributed by atoms with E-state index in [0.29, 0.717) is 0 Å². The van der Waals surface area contributed by atoms with Gasteiger partial charge in [0.15, 0.2) is 5.16 Å². The number of rotatable bonds is 6. The van der Waals surface area contributed by atoms with E-state index in [1.807, 2.05) is 103 Å². The van der Waals surface area contributed by atoms with Crippen molar-refractivity contribution in [3.63, 3.8) is 0 Å². The van der Waals surface area contributed by atoms with Crippen LogP contribution in [0.4, 0.5) is 5.69 Å². The SMILES string of the molecule is Cc1ccc(NC(=O)CSc2nc(-c3ccccc3)cn2-c2ccccc2)cc1. The number of anilines is 1. The predicted octanol–water partition coefficient (Wildman–Crippen LogP) is 5.58. The average Bonchev–Trinajstić information content (AvgIpc) is 3.20. The Kier molecular flexibility index (Phi) is 5.77. The molecule has 144 valence electrons. The minimum Gasteiger partial charge on any atom is -0.325 e. The lowest BCUT2D eigenvalue weighted by molar-refractivity contribution is -0.113. The minimum absolute atomic E-state index is 0.0530. The van der Waals surface area contributed by atoms with E-state index in [1.165, 1.54) is 11.8 Å². The first-order chi connectivity index (χ1) is 14.2. The third kappa shape index (κ3) is 4.76. The summed E-state index contributed by atoms with van der Waals surface area (Å²) in [5.41, 5.74) is 4.92. The molecule has 0 aliphatic rings. The molecule has 0 atom stereocenters. The molecule has 1 amide bonds.